The number of esters is 1. The van der Waals surface area contributed by atoms with Gasteiger partial charge in [-0.15, -0.1) is 0 Å². The maximum absolute atomic E-state index is 12.8. The van der Waals surface area contributed by atoms with Crippen LogP contribution in [0.2, 0.25) is 0 Å². The molecule has 0 radical (unpaired) electrons. The van der Waals surface area contributed by atoms with Crippen molar-refractivity contribution in [3.63, 3.8) is 0 Å². The topological polar surface area (TPSA) is 51.5 Å². The molecule has 2 aromatic rings. The predicted octanol–water partition coefficient (Wildman–Crippen LogP) is 2.55. The van der Waals surface area contributed by atoms with Crippen molar-refractivity contribution >= 4 is 11.9 Å². The van der Waals surface area contributed by atoms with E-state index in [-0.39, 0.29) is 5.91 Å². The van der Waals surface area contributed by atoms with E-state index in [2.05, 4.69) is 0 Å². The van der Waals surface area contributed by atoms with Gasteiger partial charge < -0.3 is 14.2 Å². The number of carbonyl (C=O) groups excluding carboxylic acids is 2. The zero-order chi connectivity index (χ0) is 16.2. The first kappa shape index (κ1) is 15.3. The summed E-state index contributed by atoms with van der Waals surface area (Å²) in [5.41, 5.74) is 1.13. The minimum atomic E-state index is -0.892. The molecule has 1 saturated heterocycles. The number of hydrogen-bond acceptors (Lipinski definition) is 3. The fourth-order valence-corrected chi connectivity index (χ4v) is 2.83. The Balaban J connectivity index is 1.84. The van der Waals surface area contributed by atoms with Gasteiger partial charge in [-0.2, -0.15) is 0 Å². The average Bonchev–Trinajstić information content (AvgIpc) is 3.24. The summed E-state index contributed by atoms with van der Waals surface area (Å²) in [7, 11) is 1.77. The van der Waals surface area contributed by atoms with E-state index in [0.29, 0.717) is 11.3 Å². The lowest BCUT2D eigenvalue weighted by Crippen LogP contribution is -2.35. The van der Waals surface area contributed by atoms with Gasteiger partial charge in [-0.05, 0) is 25.0 Å². The molecule has 0 saturated carbocycles. The summed E-state index contributed by atoms with van der Waals surface area (Å²) in [5, 5.41) is 0. The third-order valence-electron chi connectivity index (χ3n) is 4.12. The molecular formula is C18H20N2O3. The molecule has 1 amide bonds. The molecule has 5 heteroatoms. The highest BCUT2D eigenvalue weighted by Gasteiger charge is 2.31. The van der Waals surface area contributed by atoms with Gasteiger partial charge in [0.15, 0.2) is 0 Å². The Morgan fingerprint density at radius 1 is 1.04 bits per heavy atom. The quantitative estimate of drug-likeness (QED) is 0.815. The van der Waals surface area contributed by atoms with Crippen LogP contribution < -0.4 is 0 Å². The monoisotopic (exact) mass is 312 g/mol. The third kappa shape index (κ3) is 3.28. The van der Waals surface area contributed by atoms with Crippen LogP contribution in [0.3, 0.4) is 0 Å². The molecule has 2 heterocycles. The van der Waals surface area contributed by atoms with Crippen molar-refractivity contribution in [1.82, 2.24) is 9.47 Å². The SMILES string of the molecule is Cn1cccc1C(=O)O[C@@H](C(=O)N1CCCC1)c1ccccc1. The lowest BCUT2D eigenvalue weighted by atomic mass is 10.1. The molecule has 120 valence electrons. The first-order valence-electron chi connectivity index (χ1n) is 7.83. The highest BCUT2D eigenvalue weighted by Crippen LogP contribution is 2.24. The summed E-state index contributed by atoms with van der Waals surface area (Å²) in [6, 6.07) is 12.7. The molecule has 5 nitrogen and oxygen atoms in total. The zero-order valence-electron chi connectivity index (χ0n) is 13.1. The smallest absolute Gasteiger partial charge is 0.356 e. The van der Waals surface area contributed by atoms with Gasteiger partial charge in [0.1, 0.15) is 5.69 Å². The molecule has 0 spiro atoms. The molecule has 1 atom stereocenters. The normalized spacial score (nSPS) is 15.4. The molecule has 0 bridgehead atoms. The van der Waals surface area contributed by atoms with Crippen molar-refractivity contribution in [2.24, 2.45) is 7.05 Å². The third-order valence-corrected chi connectivity index (χ3v) is 4.12. The van der Waals surface area contributed by atoms with E-state index < -0.39 is 12.1 Å². The largest absolute Gasteiger partial charge is 0.443 e. The van der Waals surface area contributed by atoms with Crippen LogP contribution in [0.25, 0.3) is 0 Å². The summed E-state index contributed by atoms with van der Waals surface area (Å²) in [6.07, 6.45) is 2.88. The second-order valence-electron chi connectivity index (χ2n) is 5.73. The number of benzene rings is 1. The van der Waals surface area contributed by atoms with Crippen molar-refractivity contribution in [2.75, 3.05) is 13.1 Å². The van der Waals surface area contributed by atoms with E-state index in [4.69, 9.17) is 4.74 Å². The number of aryl methyl sites for hydroxylation is 1. The average molecular weight is 312 g/mol. The van der Waals surface area contributed by atoms with Crippen molar-refractivity contribution in [1.29, 1.82) is 0 Å². The second-order valence-corrected chi connectivity index (χ2v) is 5.73. The van der Waals surface area contributed by atoms with E-state index in [1.54, 1.807) is 34.8 Å². The highest BCUT2D eigenvalue weighted by atomic mass is 16.5. The van der Waals surface area contributed by atoms with Crippen molar-refractivity contribution in [3.8, 4) is 0 Å². The maximum Gasteiger partial charge on any atom is 0.356 e. The number of ether oxygens (including phenoxy) is 1. The van der Waals surface area contributed by atoms with Crippen LogP contribution >= 0.6 is 0 Å². The number of rotatable bonds is 4. The molecule has 0 aliphatic carbocycles. The molecule has 1 aliphatic heterocycles. The van der Waals surface area contributed by atoms with Crippen molar-refractivity contribution in [3.05, 3.63) is 59.9 Å². The molecular weight excluding hydrogens is 292 g/mol. The van der Waals surface area contributed by atoms with Crippen molar-refractivity contribution in [2.45, 2.75) is 18.9 Å². The van der Waals surface area contributed by atoms with Gasteiger partial charge in [0.2, 0.25) is 6.10 Å². The lowest BCUT2D eigenvalue weighted by Gasteiger charge is -2.23. The minimum absolute atomic E-state index is 0.142. The number of likely N-dealkylation sites (tertiary alicyclic amines) is 1. The summed E-state index contributed by atoms with van der Waals surface area (Å²) in [5.74, 6) is -0.629. The number of nitrogens with zero attached hydrogens (tertiary/aromatic N) is 2. The van der Waals surface area contributed by atoms with Crippen LogP contribution in [-0.2, 0) is 16.6 Å². The van der Waals surface area contributed by atoms with Gasteiger partial charge in [-0.1, -0.05) is 30.3 Å². The van der Waals surface area contributed by atoms with Crippen LogP contribution in [0.15, 0.2) is 48.7 Å². The summed E-state index contributed by atoms with van der Waals surface area (Å²) >= 11 is 0. The van der Waals surface area contributed by atoms with Crippen LogP contribution in [0.1, 0.15) is 35.0 Å². The standard InChI is InChI=1S/C18H20N2O3/c1-19-11-7-10-15(19)18(22)23-16(14-8-3-2-4-9-14)17(21)20-12-5-6-13-20/h2-4,7-11,16H,5-6,12-13H2,1H3/t16-/m1/s1. The fraction of sp³-hybridized carbons (Fsp3) is 0.333. The van der Waals surface area contributed by atoms with Gasteiger partial charge in [0.05, 0.1) is 0 Å². The van der Waals surface area contributed by atoms with Crippen LogP contribution in [0.4, 0.5) is 0 Å². The lowest BCUT2D eigenvalue weighted by molar-refractivity contribution is -0.140. The van der Waals surface area contributed by atoms with E-state index >= 15 is 0 Å². The van der Waals surface area contributed by atoms with Gasteiger partial charge in [0.25, 0.3) is 5.91 Å². The van der Waals surface area contributed by atoms with Crippen LogP contribution in [0.5, 0.6) is 0 Å². The Labute approximate surface area is 135 Å². The molecule has 3 rings (SSSR count). The summed E-state index contributed by atoms with van der Waals surface area (Å²) < 4.78 is 7.27. The van der Waals surface area contributed by atoms with Gasteiger partial charge in [-0.3, -0.25) is 4.79 Å². The molecule has 1 aliphatic rings. The summed E-state index contributed by atoms with van der Waals surface area (Å²) in [4.78, 5) is 27.0. The number of hydrogen-bond donors (Lipinski definition) is 0. The van der Waals surface area contributed by atoms with E-state index in [1.807, 2.05) is 30.3 Å². The molecule has 1 fully saturated rings. The number of amides is 1. The molecule has 0 unspecified atom stereocenters. The zero-order valence-corrected chi connectivity index (χ0v) is 13.1. The Morgan fingerprint density at radius 2 is 1.74 bits per heavy atom. The number of aromatic nitrogens is 1. The van der Waals surface area contributed by atoms with E-state index in [9.17, 15) is 9.59 Å². The molecule has 1 aromatic carbocycles. The predicted molar refractivity (Wildman–Crippen MR) is 85.8 cm³/mol. The highest BCUT2D eigenvalue weighted by molar-refractivity contribution is 5.91. The summed E-state index contributed by atoms with van der Waals surface area (Å²) in [6.45, 7) is 1.45. The van der Waals surface area contributed by atoms with Gasteiger partial charge >= 0.3 is 5.97 Å². The second kappa shape index (κ2) is 6.69. The van der Waals surface area contributed by atoms with E-state index in [0.717, 1.165) is 25.9 Å². The van der Waals surface area contributed by atoms with Crippen LogP contribution in [0, 0.1) is 0 Å². The fourth-order valence-electron chi connectivity index (χ4n) is 2.83. The Hall–Kier alpha value is -2.56. The Kier molecular flexibility index (Phi) is 4.46. The van der Waals surface area contributed by atoms with Crippen molar-refractivity contribution < 1.29 is 14.3 Å². The molecule has 23 heavy (non-hydrogen) atoms. The van der Waals surface area contributed by atoms with E-state index in [1.165, 1.54) is 0 Å². The Morgan fingerprint density at radius 3 is 2.35 bits per heavy atom. The minimum Gasteiger partial charge on any atom is -0.443 e. The van der Waals surface area contributed by atoms with Gasteiger partial charge in [0, 0.05) is 31.9 Å². The van der Waals surface area contributed by atoms with Crippen LogP contribution in [-0.4, -0.2) is 34.4 Å². The molecule has 1 aromatic heterocycles. The maximum atomic E-state index is 12.8. The molecule has 0 N–H and O–H groups in total. The Bertz CT molecular complexity index is 687. The number of carbonyl (C=O) groups is 2. The first-order valence-corrected chi connectivity index (χ1v) is 7.83. The van der Waals surface area contributed by atoms with Gasteiger partial charge in [-0.25, -0.2) is 4.79 Å². The first-order chi connectivity index (χ1) is 11.2.